The summed E-state index contributed by atoms with van der Waals surface area (Å²) < 4.78 is 0. The monoisotopic (exact) mass is 384 g/mol. The molecule has 0 fully saturated rings. The van der Waals surface area contributed by atoms with E-state index in [4.69, 9.17) is 15.7 Å². The van der Waals surface area contributed by atoms with Crippen molar-refractivity contribution in [1.29, 1.82) is 0 Å². The molecule has 7 heteroatoms. The van der Waals surface area contributed by atoms with Gasteiger partial charge in [-0.15, -0.1) is 0 Å². The van der Waals surface area contributed by atoms with Crippen LogP contribution < -0.4 is 5.73 Å². The molecule has 2 aromatic carbocycles. The summed E-state index contributed by atoms with van der Waals surface area (Å²) in [4.78, 5) is 20.0. The molecular weight excluding hydrogens is 364 g/mol. The van der Waals surface area contributed by atoms with Crippen LogP contribution in [0.25, 0.3) is 11.1 Å². The highest BCUT2D eigenvalue weighted by Crippen LogP contribution is 2.42. The third-order valence-electron chi connectivity index (χ3n) is 5.40. The minimum Gasteiger partial charge on any atom is -0.508 e. The largest absolute Gasteiger partial charge is 0.508 e. The van der Waals surface area contributed by atoms with Gasteiger partial charge in [-0.25, -0.2) is 15.0 Å². The summed E-state index contributed by atoms with van der Waals surface area (Å²) in [6.07, 6.45) is 6.03. The first-order valence-electron chi connectivity index (χ1n) is 9.52. The van der Waals surface area contributed by atoms with E-state index in [0.29, 0.717) is 5.96 Å². The lowest BCUT2D eigenvalue weighted by molar-refractivity contribution is 0.474. The van der Waals surface area contributed by atoms with E-state index in [0.717, 1.165) is 47.6 Å². The van der Waals surface area contributed by atoms with Crippen LogP contribution in [0, 0.1) is 0 Å². The number of nitrogens with zero attached hydrogens (tertiary/aromatic N) is 5. The highest BCUT2D eigenvalue weighted by molar-refractivity contribution is 6.12. The van der Waals surface area contributed by atoms with Crippen LogP contribution in [0.15, 0.2) is 77.2 Å². The Morgan fingerprint density at radius 1 is 0.966 bits per heavy atom. The molecule has 2 aliphatic heterocycles. The van der Waals surface area contributed by atoms with Gasteiger partial charge >= 0.3 is 0 Å². The van der Waals surface area contributed by atoms with Crippen LogP contribution in [-0.4, -0.2) is 44.9 Å². The highest BCUT2D eigenvalue weighted by atomic mass is 16.3. The van der Waals surface area contributed by atoms with Crippen molar-refractivity contribution >= 4 is 11.8 Å². The number of aromatic hydroxyl groups is 1. The lowest BCUT2D eigenvalue weighted by atomic mass is 9.81. The average Bonchev–Trinajstić information content (AvgIpc) is 3.09. The molecule has 1 aromatic heterocycles. The van der Waals surface area contributed by atoms with Gasteiger partial charge in [-0.05, 0) is 41.3 Å². The molecule has 0 spiro atoms. The van der Waals surface area contributed by atoms with Crippen LogP contribution in [0.2, 0.25) is 0 Å². The molecule has 3 heterocycles. The zero-order chi connectivity index (χ0) is 19.8. The topological polar surface area (TPSA) is 100.0 Å². The number of aliphatic imine (C=N–C) groups is 2. The SMILES string of the molecule is NC1=N[C@](c2ccc(O)cc2)(c2cccc(-c3cncnc3)c2)C2=NCCCN12. The lowest BCUT2D eigenvalue weighted by Gasteiger charge is -2.33. The quantitative estimate of drug-likeness (QED) is 0.723. The van der Waals surface area contributed by atoms with E-state index in [-0.39, 0.29) is 5.75 Å². The Balaban J connectivity index is 1.75. The van der Waals surface area contributed by atoms with E-state index < -0.39 is 5.54 Å². The summed E-state index contributed by atoms with van der Waals surface area (Å²) in [5.41, 5.74) is 9.26. The molecule has 2 aliphatic rings. The van der Waals surface area contributed by atoms with Crippen molar-refractivity contribution in [3.05, 3.63) is 78.4 Å². The van der Waals surface area contributed by atoms with Gasteiger partial charge in [0, 0.05) is 31.0 Å². The van der Waals surface area contributed by atoms with Crippen LogP contribution in [-0.2, 0) is 5.54 Å². The zero-order valence-electron chi connectivity index (χ0n) is 15.7. The first-order valence-corrected chi connectivity index (χ1v) is 9.52. The number of aromatic nitrogens is 2. The second-order valence-electron chi connectivity index (χ2n) is 7.15. The Hall–Kier alpha value is -3.74. The van der Waals surface area contributed by atoms with E-state index in [2.05, 4.69) is 16.0 Å². The van der Waals surface area contributed by atoms with Crippen molar-refractivity contribution in [2.24, 2.45) is 15.7 Å². The minimum atomic E-state index is -0.857. The second-order valence-corrected chi connectivity index (χ2v) is 7.15. The Morgan fingerprint density at radius 2 is 1.76 bits per heavy atom. The minimum absolute atomic E-state index is 0.205. The van der Waals surface area contributed by atoms with Crippen LogP contribution >= 0.6 is 0 Å². The Morgan fingerprint density at radius 3 is 2.55 bits per heavy atom. The maximum absolute atomic E-state index is 9.82. The van der Waals surface area contributed by atoms with Gasteiger partial charge in [0.15, 0.2) is 11.5 Å². The highest BCUT2D eigenvalue weighted by Gasteiger charge is 2.49. The Kier molecular flexibility index (Phi) is 4.01. The van der Waals surface area contributed by atoms with Crippen molar-refractivity contribution < 1.29 is 5.11 Å². The Labute approximate surface area is 168 Å². The number of hydrogen-bond acceptors (Lipinski definition) is 7. The molecule has 0 saturated heterocycles. The van der Waals surface area contributed by atoms with E-state index in [1.807, 2.05) is 35.2 Å². The zero-order valence-corrected chi connectivity index (χ0v) is 15.7. The maximum Gasteiger partial charge on any atom is 0.198 e. The van der Waals surface area contributed by atoms with Gasteiger partial charge < -0.3 is 10.8 Å². The van der Waals surface area contributed by atoms with Gasteiger partial charge in [-0.3, -0.25) is 9.89 Å². The fraction of sp³-hybridized carbons (Fsp3) is 0.182. The summed E-state index contributed by atoms with van der Waals surface area (Å²) in [6.45, 7) is 1.53. The standard InChI is InChI=1S/C22H20N6O/c23-21-27-22(17-5-7-19(29)8-6-17,20-26-9-2-10-28(20)21)18-4-1-3-15(11-18)16-12-24-14-25-13-16/h1,3-8,11-14,29H,2,9-10H2,(H2,23,27)/t22-/m1/s1. The van der Waals surface area contributed by atoms with E-state index in [9.17, 15) is 5.11 Å². The molecular formula is C22H20N6O. The van der Waals surface area contributed by atoms with Gasteiger partial charge in [-0.2, -0.15) is 0 Å². The summed E-state index contributed by atoms with van der Waals surface area (Å²) in [6, 6.07) is 15.2. The van der Waals surface area contributed by atoms with Crippen molar-refractivity contribution in [3.8, 4) is 16.9 Å². The number of benzene rings is 2. The van der Waals surface area contributed by atoms with Crippen molar-refractivity contribution in [3.63, 3.8) is 0 Å². The van der Waals surface area contributed by atoms with E-state index in [1.165, 1.54) is 6.33 Å². The summed E-state index contributed by atoms with van der Waals surface area (Å²) in [5.74, 6) is 1.50. The fourth-order valence-corrected chi connectivity index (χ4v) is 4.05. The number of hydrogen-bond donors (Lipinski definition) is 2. The molecule has 0 unspecified atom stereocenters. The number of amidine groups is 1. The third kappa shape index (κ3) is 2.74. The number of phenols is 1. The van der Waals surface area contributed by atoms with E-state index >= 15 is 0 Å². The molecule has 0 saturated carbocycles. The van der Waals surface area contributed by atoms with Gasteiger partial charge in [-0.1, -0.05) is 30.3 Å². The second kappa shape index (κ2) is 6.70. The molecule has 7 nitrogen and oxygen atoms in total. The molecule has 1 atom stereocenters. The number of nitrogens with two attached hydrogens (primary N) is 1. The fourth-order valence-electron chi connectivity index (χ4n) is 4.05. The predicted octanol–water partition coefficient (Wildman–Crippen LogP) is 2.53. The lowest BCUT2D eigenvalue weighted by Crippen LogP contribution is -2.46. The number of rotatable bonds is 3. The summed E-state index contributed by atoms with van der Waals surface area (Å²) >= 11 is 0. The number of phenolic OH excluding ortho intramolecular Hbond substituents is 1. The van der Waals surface area contributed by atoms with Crippen LogP contribution in [0.3, 0.4) is 0 Å². The first kappa shape index (κ1) is 17.4. The molecule has 29 heavy (non-hydrogen) atoms. The summed E-state index contributed by atoms with van der Waals surface area (Å²) in [5, 5.41) is 9.82. The number of fused-ring (bicyclic) bond motifs is 1. The molecule has 3 N–H and O–H groups in total. The molecule has 3 aromatic rings. The van der Waals surface area contributed by atoms with Gasteiger partial charge in [0.2, 0.25) is 0 Å². The average molecular weight is 384 g/mol. The first-order chi connectivity index (χ1) is 14.2. The normalized spacial score (nSPS) is 20.8. The Bertz CT molecular complexity index is 1110. The van der Waals surface area contributed by atoms with Crippen molar-refractivity contribution in [2.75, 3.05) is 13.1 Å². The van der Waals surface area contributed by atoms with E-state index in [1.54, 1.807) is 24.5 Å². The maximum atomic E-state index is 9.82. The van der Waals surface area contributed by atoms with Gasteiger partial charge in [0.05, 0.1) is 0 Å². The van der Waals surface area contributed by atoms with Crippen LogP contribution in [0.1, 0.15) is 17.5 Å². The molecule has 0 bridgehead atoms. The number of guanidine groups is 1. The molecule has 0 radical (unpaired) electrons. The van der Waals surface area contributed by atoms with Crippen LogP contribution in [0.4, 0.5) is 0 Å². The smallest absolute Gasteiger partial charge is 0.198 e. The van der Waals surface area contributed by atoms with Crippen molar-refractivity contribution in [1.82, 2.24) is 14.9 Å². The van der Waals surface area contributed by atoms with Crippen LogP contribution in [0.5, 0.6) is 5.75 Å². The molecule has 144 valence electrons. The summed E-state index contributed by atoms with van der Waals surface area (Å²) in [7, 11) is 0. The molecule has 5 rings (SSSR count). The molecule has 0 aliphatic carbocycles. The van der Waals surface area contributed by atoms with Gasteiger partial charge in [0.1, 0.15) is 17.9 Å². The van der Waals surface area contributed by atoms with Gasteiger partial charge in [0.25, 0.3) is 0 Å². The third-order valence-corrected chi connectivity index (χ3v) is 5.40. The van der Waals surface area contributed by atoms with Crippen molar-refractivity contribution in [2.45, 2.75) is 12.0 Å². The predicted molar refractivity (Wildman–Crippen MR) is 112 cm³/mol. The molecule has 0 amide bonds.